The summed E-state index contributed by atoms with van der Waals surface area (Å²) in [5.74, 6) is -0.296. The molecule has 0 aliphatic carbocycles. The van der Waals surface area contributed by atoms with Crippen molar-refractivity contribution in [2.45, 2.75) is 12.5 Å². The molecule has 0 aromatic heterocycles. The molecule has 0 radical (unpaired) electrons. The molecular weight excluding hydrogens is 438 g/mol. The zero-order chi connectivity index (χ0) is 23.0. The van der Waals surface area contributed by atoms with Crippen molar-refractivity contribution in [1.82, 2.24) is 15.5 Å². The summed E-state index contributed by atoms with van der Waals surface area (Å²) in [6.07, 6.45) is 0.206. The van der Waals surface area contributed by atoms with Crippen molar-refractivity contribution < 1.29 is 14.3 Å². The van der Waals surface area contributed by atoms with Crippen LogP contribution in [0.2, 0.25) is 5.02 Å². The van der Waals surface area contributed by atoms with Crippen LogP contribution < -0.4 is 10.6 Å². The molecule has 1 fully saturated rings. The Morgan fingerprint density at radius 3 is 2.45 bits per heavy atom. The van der Waals surface area contributed by atoms with Gasteiger partial charge >= 0.3 is 0 Å². The van der Waals surface area contributed by atoms with Gasteiger partial charge in [0.1, 0.15) is 0 Å². The van der Waals surface area contributed by atoms with Gasteiger partial charge in [0.25, 0.3) is 5.91 Å². The van der Waals surface area contributed by atoms with Crippen LogP contribution in [-0.4, -0.2) is 56.1 Å². The molecule has 1 saturated heterocycles. The van der Waals surface area contributed by atoms with Crippen LogP contribution in [0.3, 0.4) is 0 Å². The first-order valence-electron chi connectivity index (χ1n) is 11.2. The predicted molar refractivity (Wildman–Crippen MR) is 130 cm³/mol. The Hall–Kier alpha value is -2.93. The molecule has 1 heterocycles. The van der Waals surface area contributed by atoms with Crippen molar-refractivity contribution in [3.63, 3.8) is 0 Å². The normalized spacial score (nSPS) is 15.2. The number of morpholine rings is 1. The second kappa shape index (κ2) is 11.3. The van der Waals surface area contributed by atoms with Crippen molar-refractivity contribution >= 4 is 34.2 Å². The molecule has 2 N–H and O–H groups in total. The van der Waals surface area contributed by atoms with E-state index in [0.717, 1.165) is 29.4 Å². The predicted octanol–water partition coefficient (Wildman–Crippen LogP) is 3.80. The number of fused-ring (bicyclic) bond motifs is 1. The molecule has 1 aliphatic rings. The number of hydrogen-bond acceptors (Lipinski definition) is 4. The second-order valence-corrected chi connectivity index (χ2v) is 8.46. The van der Waals surface area contributed by atoms with E-state index in [1.165, 1.54) is 0 Å². The van der Waals surface area contributed by atoms with E-state index in [2.05, 4.69) is 15.5 Å². The van der Waals surface area contributed by atoms with Crippen LogP contribution in [0.5, 0.6) is 0 Å². The minimum atomic E-state index is -0.184. The van der Waals surface area contributed by atoms with E-state index in [0.29, 0.717) is 30.3 Å². The number of benzene rings is 3. The molecule has 0 bridgehead atoms. The monoisotopic (exact) mass is 465 g/mol. The average Bonchev–Trinajstić information content (AvgIpc) is 2.85. The number of ether oxygens (including phenoxy) is 1. The standard InChI is InChI=1S/C26H28ClN3O3/c27-23-8-4-3-7-22(23)24(30-13-15-33-16-14-30)18-29-25(31)11-12-28-26(32)21-10-9-19-5-1-2-6-20(19)17-21/h1-10,17,24H,11-16,18H2,(H,28,32)(H,29,31). The van der Waals surface area contributed by atoms with Crippen molar-refractivity contribution in [3.8, 4) is 0 Å². The van der Waals surface area contributed by atoms with Gasteiger partial charge in [-0.25, -0.2) is 0 Å². The van der Waals surface area contributed by atoms with Gasteiger partial charge in [0.2, 0.25) is 5.91 Å². The smallest absolute Gasteiger partial charge is 0.251 e. The fraction of sp³-hybridized carbons (Fsp3) is 0.308. The summed E-state index contributed by atoms with van der Waals surface area (Å²) in [7, 11) is 0. The summed E-state index contributed by atoms with van der Waals surface area (Å²) in [6.45, 7) is 3.61. The molecule has 0 saturated carbocycles. The lowest BCUT2D eigenvalue weighted by Crippen LogP contribution is -2.44. The maximum Gasteiger partial charge on any atom is 0.251 e. The quantitative estimate of drug-likeness (QED) is 0.531. The summed E-state index contributed by atoms with van der Waals surface area (Å²) >= 11 is 6.45. The van der Waals surface area contributed by atoms with Gasteiger partial charge in [0.05, 0.1) is 19.3 Å². The van der Waals surface area contributed by atoms with Crippen molar-refractivity contribution in [2.24, 2.45) is 0 Å². The second-order valence-electron chi connectivity index (χ2n) is 8.06. The third kappa shape index (κ3) is 6.11. The Kier molecular flexibility index (Phi) is 7.94. The van der Waals surface area contributed by atoms with Crippen LogP contribution in [0.1, 0.15) is 28.4 Å². The maximum atomic E-state index is 12.5. The molecule has 3 aromatic rings. The van der Waals surface area contributed by atoms with Crippen LogP contribution >= 0.6 is 11.6 Å². The van der Waals surface area contributed by atoms with E-state index in [1.54, 1.807) is 6.07 Å². The van der Waals surface area contributed by atoms with Crippen LogP contribution in [0, 0.1) is 0 Å². The van der Waals surface area contributed by atoms with Gasteiger partial charge in [-0.2, -0.15) is 0 Å². The van der Waals surface area contributed by atoms with E-state index >= 15 is 0 Å². The molecule has 7 heteroatoms. The summed E-state index contributed by atoms with van der Waals surface area (Å²) in [6, 6.07) is 21.2. The third-order valence-electron chi connectivity index (χ3n) is 5.89. The lowest BCUT2D eigenvalue weighted by molar-refractivity contribution is -0.121. The van der Waals surface area contributed by atoms with E-state index in [1.807, 2.05) is 60.7 Å². The van der Waals surface area contributed by atoms with Crippen LogP contribution in [-0.2, 0) is 9.53 Å². The Labute approximate surface area is 198 Å². The molecule has 172 valence electrons. The zero-order valence-electron chi connectivity index (χ0n) is 18.4. The molecule has 4 rings (SSSR count). The van der Waals surface area contributed by atoms with Crippen molar-refractivity contribution in [3.05, 3.63) is 82.9 Å². The highest BCUT2D eigenvalue weighted by Gasteiger charge is 2.24. The average molecular weight is 466 g/mol. The number of nitrogens with one attached hydrogen (secondary N) is 2. The van der Waals surface area contributed by atoms with Gasteiger partial charge in [0, 0.05) is 43.2 Å². The van der Waals surface area contributed by atoms with Crippen LogP contribution in [0.15, 0.2) is 66.7 Å². The maximum absolute atomic E-state index is 12.5. The Morgan fingerprint density at radius 1 is 0.939 bits per heavy atom. The summed E-state index contributed by atoms with van der Waals surface area (Å²) in [4.78, 5) is 27.3. The van der Waals surface area contributed by atoms with Gasteiger partial charge in [-0.1, -0.05) is 60.1 Å². The number of halogens is 1. The number of hydrogen-bond donors (Lipinski definition) is 2. The highest BCUT2D eigenvalue weighted by atomic mass is 35.5. The van der Waals surface area contributed by atoms with E-state index < -0.39 is 0 Å². The van der Waals surface area contributed by atoms with E-state index in [4.69, 9.17) is 16.3 Å². The first-order valence-corrected chi connectivity index (χ1v) is 11.6. The third-order valence-corrected chi connectivity index (χ3v) is 6.24. The summed E-state index contributed by atoms with van der Waals surface area (Å²) < 4.78 is 5.48. The van der Waals surface area contributed by atoms with Gasteiger partial charge < -0.3 is 15.4 Å². The Morgan fingerprint density at radius 2 is 1.67 bits per heavy atom. The summed E-state index contributed by atoms with van der Waals surface area (Å²) in [5, 5.41) is 8.63. The number of rotatable bonds is 8. The minimum Gasteiger partial charge on any atom is -0.379 e. The number of amides is 2. The number of carbonyl (C=O) groups excluding carboxylic acids is 2. The fourth-order valence-electron chi connectivity index (χ4n) is 4.09. The lowest BCUT2D eigenvalue weighted by atomic mass is 10.0. The van der Waals surface area contributed by atoms with Gasteiger partial charge in [-0.15, -0.1) is 0 Å². The van der Waals surface area contributed by atoms with Crippen LogP contribution in [0.25, 0.3) is 10.8 Å². The highest BCUT2D eigenvalue weighted by molar-refractivity contribution is 6.31. The first-order chi connectivity index (χ1) is 16.1. The molecule has 3 aromatic carbocycles. The molecule has 33 heavy (non-hydrogen) atoms. The zero-order valence-corrected chi connectivity index (χ0v) is 19.2. The molecule has 1 aliphatic heterocycles. The molecule has 6 nitrogen and oxygen atoms in total. The Balaban J connectivity index is 1.29. The minimum absolute atomic E-state index is 0.0289. The molecule has 1 unspecified atom stereocenters. The lowest BCUT2D eigenvalue weighted by Gasteiger charge is -2.35. The van der Waals surface area contributed by atoms with Gasteiger partial charge in [-0.05, 0) is 34.5 Å². The van der Waals surface area contributed by atoms with E-state index in [9.17, 15) is 9.59 Å². The fourth-order valence-corrected chi connectivity index (χ4v) is 4.35. The SMILES string of the molecule is O=C(CCNC(=O)c1ccc2ccccc2c1)NCC(c1ccccc1Cl)N1CCOCC1. The molecule has 2 amide bonds. The topological polar surface area (TPSA) is 70.7 Å². The molecular formula is C26H28ClN3O3. The van der Waals surface area contributed by atoms with Crippen molar-refractivity contribution in [2.75, 3.05) is 39.4 Å². The van der Waals surface area contributed by atoms with Crippen LogP contribution in [0.4, 0.5) is 0 Å². The Bertz CT molecular complexity index is 1110. The van der Waals surface area contributed by atoms with Crippen molar-refractivity contribution in [1.29, 1.82) is 0 Å². The highest BCUT2D eigenvalue weighted by Crippen LogP contribution is 2.27. The first kappa shape index (κ1) is 23.2. The van der Waals surface area contributed by atoms with E-state index in [-0.39, 0.29) is 30.8 Å². The number of nitrogens with zero attached hydrogens (tertiary/aromatic N) is 1. The summed E-state index contributed by atoms with van der Waals surface area (Å²) in [5.41, 5.74) is 1.58. The number of carbonyl (C=O) groups is 2. The van der Waals surface area contributed by atoms with Gasteiger partial charge in [-0.3, -0.25) is 14.5 Å². The molecule has 1 atom stereocenters. The van der Waals surface area contributed by atoms with Gasteiger partial charge in [0.15, 0.2) is 0 Å². The molecule has 0 spiro atoms. The largest absolute Gasteiger partial charge is 0.379 e.